The summed E-state index contributed by atoms with van der Waals surface area (Å²) in [6, 6.07) is 0.338. The predicted molar refractivity (Wildman–Crippen MR) is 76.9 cm³/mol. The minimum Gasteiger partial charge on any atom is -0.462 e. The summed E-state index contributed by atoms with van der Waals surface area (Å²) < 4.78 is 4.97. The van der Waals surface area contributed by atoms with Crippen molar-refractivity contribution in [3.63, 3.8) is 0 Å². The maximum absolute atomic E-state index is 11.7. The van der Waals surface area contributed by atoms with E-state index >= 15 is 0 Å². The SMILES string of the molecule is CCOC(=O)c1cnc(NC2CCCCNC2)nc1C. The summed E-state index contributed by atoms with van der Waals surface area (Å²) in [5, 5.41) is 6.71. The molecule has 0 bridgehead atoms. The standard InChI is InChI=1S/C14H22N4O2/c1-3-20-13(19)12-9-16-14(17-10(12)2)18-11-6-4-5-7-15-8-11/h9,11,15H,3-8H2,1-2H3,(H,16,17,18). The first-order chi connectivity index (χ1) is 9.70. The number of esters is 1. The number of ether oxygens (including phenoxy) is 1. The van der Waals surface area contributed by atoms with E-state index in [4.69, 9.17) is 4.74 Å². The summed E-state index contributed by atoms with van der Waals surface area (Å²) in [4.78, 5) is 20.2. The van der Waals surface area contributed by atoms with Crippen molar-refractivity contribution in [2.45, 2.75) is 39.2 Å². The summed E-state index contributed by atoms with van der Waals surface area (Å²) in [5.74, 6) is 0.205. The van der Waals surface area contributed by atoms with E-state index in [-0.39, 0.29) is 5.97 Å². The van der Waals surface area contributed by atoms with Crippen molar-refractivity contribution in [2.24, 2.45) is 0 Å². The maximum Gasteiger partial charge on any atom is 0.341 e. The van der Waals surface area contributed by atoms with Gasteiger partial charge in [-0.15, -0.1) is 0 Å². The van der Waals surface area contributed by atoms with Gasteiger partial charge in [0.05, 0.1) is 17.9 Å². The molecule has 2 heterocycles. The molecule has 1 saturated heterocycles. The largest absolute Gasteiger partial charge is 0.462 e. The number of hydrogen-bond donors (Lipinski definition) is 2. The van der Waals surface area contributed by atoms with Crippen LogP contribution < -0.4 is 10.6 Å². The Balaban J connectivity index is 2.02. The van der Waals surface area contributed by atoms with Crippen LogP contribution in [0.3, 0.4) is 0 Å². The van der Waals surface area contributed by atoms with Crippen LogP contribution in [0.25, 0.3) is 0 Å². The second-order valence-electron chi connectivity index (χ2n) is 4.95. The molecule has 0 aromatic carbocycles. The molecule has 0 saturated carbocycles. The lowest BCUT2D eigenvalue weighted by Crippen LogP contribution is -2.31. The van der Waals surface area contributed by atoms with E-state index in [1.165, 1.54) is 19.0 Å². The molecule has 0 radical (unpaired) electrons. The monoisotopic (exact) mass is 278 g/mol. The van der Waals surface area contributed by atoms with Crippen LogP contribution in [-0.2, 0) is 4.74 Å². The first-order valence-corrected chi connectivity index (χ1v) is 7.18. The van der Waals surface area contributed by atoms with Gasteiger partial charge >= 0.3 is 5.97 Å². The van der Waals surface area contributed by atoms with Crippen molar-refractivity contribution in [2.75, 3.05) is 25.0 Å². The molecular weight excluding hydrogens is 256 g/mol. The highest BCUT2D eigenvalue weighted by molar-refractivity contribution is 5.90. The second kappa shape index (κ2) is 7.19. The highest BCUT2D eigenvalue weighted by Crippen LogP contribution is 2.12. The highest BCUT2D eigenvalue weighted by atomic mass is 16.5. The minimum atomic E-state index is -0.368. The van der Waals surface area contributed by atoms with E-state index in [0.717, 1.165) is 19.5 Å². The Morgan fingerprint density at radius 3 is 3.15 bits per heavy atom. The molecule has 0 aliphatic carbocycles. The zero-order chi connectivity index (χ0) is 14.4. The molecule has 1 fully saturated rings. The van der Waals surface area contributed by atoms with Gasteiger partial charge in [0.15, 0.2) is 0 Å². The van der Waals surface area contributed by atoms with Crippen molar-refractivity contribution < 1.29 is 9.53 Å². The predicted octanol–water partition coefficient (Wildman–Crippen LogP) is 1.52. The van der Waals surface area contributed by atoms with Crippen LogP contribution in [0.5, 0.6) is 0 Å². The lowest BCUT2D eigenvalue weighted by molar-refractivity contribution is 0.0524. The first-order valence-electron chi connectivity index (χ1n) is 7.18. The number of carbonyl (C=O) groups excluding carboxylic acids is 1. The molecule has 6 nitrogen and oxygen atoms in total. The third kappa shape index (κ3) is 3.90. The highest BCUT2D eigenvalue weighted by Gasteiger charge is 2.15. The zero-order valence-corrected chi connectivity index (χ0v) is 12.1. The molecule has 0 amide bonds. The van der Waals surface area contributed by atoms with Gasteiger partial charge in [0.25, 0.3) is 0 Å². The molecule has 110 valence electrons. The van der Waals surface area contributed by atoms with Crippen LogP contribution in [0.15, 0.2) is 6.20 Å². The van der Waals surface area contributed by atoms with Crippen molar-refractivity contribution in [1.82, 2.24) is 15.3 Å². The smallest absolute Gasteiger partial charge is 0.341 e. The van der Waals surface area contributed by atoms with Crippen LogP contribution in [0.1, 0.15) is 42.2 Å². The Morgan fingerprint density at radius 1 is 1.55 bits per heavy atom. The van der Waals surface area contributed by atoms with E-state index in [9.17, 15) is 4.79 Å². The van der Waals surface area contributed by atoms with E-state index < -0.39 is 0 Å². The number of rotatable bonds is 4. The third-order valence-corrected chi connectivity index (χ3v) is 3.35. The molecule has 1 atom stereocenters. The number of nitrogens with one attached hydrogen (secondary N) is 2. The van der Waals surface area contributed by atoms with Crippen LogP contribution in [-0.4, -0.2) is 41.7 Å². The summed E-state index contributed by atoms with van der Waals surface area (Å²) >= 11 is 0. The van der Waals surface area contributed by atoms with Gasteiger partial charge in [0.1, 0.15) is 0 Å². The van der Waals surface area contributed by atoms with E-state index in [2.05, 4.69) is 20.6 Å². The van der Waals surface area contributed by atoms with Crippen LogP contribution in [0.2, 0.25) is 0 Å². The Bertz CT molecular complexity index is 456. The van der Waals surface area contributed by atoms with Gasteiger partial charge < -0.3 is 15.4 Å². The summed E-state index contributed by atoms with van der Waals surface area (Å²) in [5.41, 5.74) is 1.07. The van der Waals surface area contributed by atoms with Crippen molar-refractivity contribution >= 4 is 11.9 Å². The lowest BCUT2D eigenvalue weighted by atomic mass is 10.1. The molecule has 1 unspecified atom stereocenters. The number of nitrogens with zero attached hydrogens (tertiary/aromatic N) is 2. The summed E-state index contributed by atoms with van der Waals surface area (Å²) in [6.07, 6.45) is 5.05. The maximum atomic E-state index is 11.7. The quantitative estimate of drug-likeness (QED) is 0.813. The molecule has 1 aliphatic rings. The summed E-state index contributed by atoms with van der Waals surface area (Å²) in [7, 11) is 0. The Kier molecular flexibility index (Phi) is 5.29. The van der Waals surface area contributed by atoms with Gasteiger partial charge in [0, 0.05) is 18.8 Å². The molecule has 1 aromatic rings. The summed E-state index contributed by atoms with van der Waals surface area (Å²) in [6.45, 7) is 5.92. The topological polar surface area (TPSA) is 76.1 Å². The fourth-order valence-corrected chi connectivity index (χ4v) is 2.27. The Labute approximate surface area is 119 Å². The fourth-order valence-electron chi connectivity index (χ4n) is 2.27. The molecule has 6 heteroatoms. The molecule has 20 heavy (non-hydrogen) atoms. The van der Waals surface area contributed by atoms with Gasteiger partial charge in [-0.3, -0.25) is 0 Å². The van der Waals surface area contributed by atoms with Crippen LogP contribution >= 0.6 is 0 Å². The molecule has 1 aliphatic heterocycles. The number of aryl methyl sites for hydroxylation is 1. The first kappa shape index (κ1) is 14.7. The average molecular weight is 278 g/mol. The van der Waals surface area contributed by atoms with Crippen molar-refractivity contribution in [3.05, 3.63) is 17.5 Å². The normalized spacial score (nSPS) is 19.2. The lowest BCUT2D eigenvalue weighted by Gasteiger charge is -2.16. The number of hydrogen-bond acceptors (Lipinski definition) is 6. The molecule has 0 spiro atoms. The van der Waals surface area contributed by atoms with Gasteiger partial charge in [-0.1, -0.05) is 6.42 Å². The number of carbonyl (C=O) groups is 1. The third-order valence-electron chi connectivity index (χ3n) is 3.35. The van der Waals surface area contributed by atoms with Gasteiger partial charge in [0.2, 0.25) is 5.95 Å². The molecular formula is C14H22N4O2. The van der Waals surface area contributed by atoms with E-state index in [0.29, 0.717) is 29.9 Å². The van der Waals surface area contributed by atoms with Gasteiger partial charge in [-0.05, 0) is 33.2 Å². The van der Waals surface area contributed by atoms with Crippen molar-refractivity contribution in [3.8, 4) is 0 Å². The van der Waals surface area contributed by atoms with Crippen LogP contribution in [0, 0.1) is 6.92 Å². The van der Waals surface area contributed by atoms with E-state index in [1.54, 1.807) is 13.8 Å². The fraction of sp³-hybridized carbons (Fsp3) is 0.643. The van der Waals surface area contributed by atoms with E-state index in [1.807, 2.05) is 0 Å². The second-order valence-corrected chi connectivity index (χ2v) is 4.95. The average Bonchev–Trinajstić information content (AvgIpc) is 2.67. The minimum absolute atomic E-state index is 0.338. The van der Waals surface area contributed by atoms with Gasteiger partial charge in [-0.25, -0.2) is 14.8 Å². The van der Waals surface area contributed by atoms with Crippen molar-refractivity contribution in [1.29, 1.82) is 0 Å². The Hall–Kier alpha value is -1.69. The molecule has 1 aromatic heterocycles. The number of anilines is 1. The van der Waals surface area contributed by atoms with Crippen LogP contribution in [0.4, 0.5) is 5.95 Å². The number of aromatic nitrogens is 2. The zero-order valence-electron chi connectivity index (χ0n) is 12.1. The molecule has 2 rings (SSSR count). The molecule has 2 N–H and O–H groups in total. The van der Waals surface area contributed by atoms with Gasteiger partial charge in [-0.2, -0.15) is 0 Å². The Morgan fingerprint density at radius 2 is 2.40 bits per heavy atom.